The largest absolute Gasteiger partial charge is 0.366 e. The fraction of sp³-hybridized carbons (Fsp3) is 0.636. The molecular weight excluding hydrogens is 174 g/mol. The van der Waals surface area contributed by atoms with Crippen LogP contribution in [0.3, 0.4) is 0 Å². The Labute approximate surface area is 85.0 Å². The second-order valence-corrected chi connectivity index (χ2v) is 4.67. The SMILES string of the molecule is CC1(C)CCCC1Nc1cnccn1. The van der Waals surface area contributed by atoms with E-state index in [9.17, 15) is 0 Å². The van der Waals surface area contributed by atoms with Crippen LogP contribution in [0.1, 0.15) is 33.1 Å². The van der Waals surface area contributed by atoms with Gasteiger partial charge in [-0.2, -0.15) is 0 Å². The van der Waals surface area contributed by atoms with Gasteiger partial charge in [-0.25, -0.2) is 4.98 Å². The lowest BCUT2D eigenvalue weighted by atomic mass is 9.87. The molecule has 0 radical (unpaired) electrons. The van der Waals surface area contributed by atoms with Crippen LogP contribution >= 0.6 is 0 Å². The summed E-state index contributed by atoms with van der Waals surface area (Å²) in [7, 11) is 0. The molecule has 0 bridgehead atoms. The van der Waals surface area contributed by atoms with Crippen LogP contribution < -0.4 is 5.32 Å². The topological polar surface area (TPSA) is 37.8 Å². The molecule has 14 heavy (non-hydrogen) atoms. The lowest BCUT2D eigenvalue weighted by molar-refractivity contribution is 0.349. The molecule has 1 aliphatic rings. The average molecular weight is 191 g/mol. The Morgan fingerprint density at radius 3 is 2.86 bits per heavy atom. The van der Waals surface area contributed by atoms with Gasteiger partial charge in [0.15, 0.2) is 0 Å². The predicted octanol–water partition coefficient (Wildman–Crippen LogP) is 2.47. The Bertz CT molecular complexity index is 295. The third-order valence-electron chi connectivity index (χ3n) is 3.14. The van der Waals surface area contributed by atoms with E-state index in [4.69, 9.17) is 0 Å². The molecule has 0 aromatic carbocycles. The number of aromatic nitrogens is 2. The molecule has 0 spiro atoms. The number of anilines is 1. The lowest BCUT2D eigenvalue weighted by Crippen LogP contribution is -2.31. The third kappa shape index (κ3) is 1.86. The predicted molar refractivity (Wildman–Crippen MR) is 57.1 cm³/mol. The summed E-state index contributed by atoms with van der Waals surface area (Å²) in [6, 6.07) is 0.541. The number of rotatable bonds is 2. The Morgan fingerprint density at radius 2 is 2.29 bits per heavy atom. The van der Waals surface area contributed by atoms with Crippen molar-refractivity contribution in [2.75, 3.05) is 5.32 Å². The van der Waals surface area contributed by atoms with Crippen LogP contribution in [-0.4, -0.2) is 16.0 Å². The molecule has 76 valence electrons. The van der Waals surface area contributed by atoms with Crippen LogP contribution in [0.4, 0.5) is 5.82 Å². The van der Waals surface area contributed by atoms with Crippen LogP contribution in [0.2, 0.25) is 0 Å². The highest BCUT2D eigenvalue weighted by atomic mass is 15.0. The number of hydrogen-bond donors (Lipinski definition) is 1. The normalized spacial score (nSPS) is 24.9. The maximum Gasteiger partial charge on any atom is 0.144 e. The molecule has 1 heterocycles. The summed E-state index contributed by atoms with van der Waals surface area (Å²) in [6.07, 6.45) is 9.06. The fourth-order valence-corrected chi connectivity index (χ4v) is 2.15. The van der Waals surface area contributed by atoms with Crippen molar-refractivity contribution in [2.24, 2.45) is 5.41 Å². The summed E-state index contributed by atoms with van der Waals surface area (Å²) < 4.78 is 0. The average Bonchev–Trinajstić information content (AvgIpc) is 2.48. The van der Waals surface area contributed by atoms with Crippen molar-refractivity contribution in [1.82, 2.24) is 9.97 Å². The van der Waals surface area contributed by atoms with Crippen LogP contribution in [0.25, 0.3) is 0 Å². The summed E-state index contributed by atoms with van der Waals surface area (Å²) in [5, 5.41) is 3.46. The first kappa shape index (κ1) is 9.44. The van der Waals surface area contributed by atoms with Crippen LogP contribution in [0.5, 0.6) is 0 Å². The van der Waals surface area contributed by atoms with Gasteiger partial charge in [-0.05, 0) is 18.3 Å². The van der Waals surface area contributed by atoms with Gasteiger partial charge in [-0.1, -0.05) is 20.3 Å². The summed E-state index contributed by atoms with van der Waals surface area (Å²) in [5.41, 5.74) is 0.386. The molecule has 0 amide bonds. The van der Waals surface area contributed by atoms with Gasteiger partial charge in [0.25, 0.3) is 0 Å². The quantitative estimate of drug-likeness (QED) is 0.780. The Kier molecular flexibility index (Phi) is 2.40. The molecule has 1 aromatic heterocycles. The molecule has 0 aliphatic heterocycles. The van der Waals surface area contributed by atoms with Gasteiger partial charge in [0.1, 0.15) is 5.82 Å². The van der Waals surface area contributed by atoms with Gasteiger partial charge >= 0.3 is 0 Å². The number of hydrogen-bond acceptors (Lipinski definition) is 3. The zero-order valence-electron chi connectivity index (χ0n) is 8.83. The van der Waals surface area contributed by atoms with Crippen LogP contribution in [-0.2, 0) is 0 Å². The fourth-order valence-electron chi connectivity index (χ4n) is 2.15. The summed E-state index contributed by atoms with van der Waals surface area (Å²) >= 11 is 0. The molecule has 1 atom stereocenters. The minimum atomic E-state index is 0.386. The van der Waals surface area contributed by atoms with Gasteiger partial charge in [0, 0.05) is 18.4 Å². The molecule has 1 N–H and O–H groups in total. The van der Waals surface area contributed by atoms with Crippen molar-refractivity contribution in [3.05, 3.63) is 18.6 Å². The maximum absolute atomic E-state index is 4.23. The van der Waals surface area contributed by atoms with E-state index in [1.807, 2.05) is 0 Å². The van der Waals surface area contributed by atoms with E-state index >= 15 is 0 Å². The highest BCUT2D eigenvalue weighted by molar-refractivity contribution is 5.32. The Balaban J connectivity index is 2.05. The van der Waals surface area contributed by atoms with E-state index in [0.717, 1.165) is 5.82 Å². The molecule has 3 heteroatoms. The van der Waals surface area contributed by atoms with Gasteiger partial charge < -0.3 is 5.32 Å². The third-order valence-corrected chi connectivity index (χ3v) is 3.14. The Hall–Kier alpha value is -1.12. The van der Waals surface area contributed by atoms with Crippen molar-refractivity contribution >= 4 is 5.82 Å². The van der Waals surface area contributed by atoms with Crippen molar-refractivity contribution in [3.8, 4) is 0 Å². The van der Waals surface area contributed by atoms with E-state index in [2.05, 4.69) is 29.1 Å². The summed E-state index contributed by atoms with van der Waals surface area (Å²) in [6.45, 7) is 4.63. The smallest absolute Gasteiger partial charge is 0.144 e. The monoisotopic (exact) mass is 191 g/mol. The zero-order chi connectivity index (χ0) is 10.0. The molecule has 3 nitrogen and oxygen atoms in total. The van der Waals surface area contributed by atoms with Crippen molar-refractivity contribution < 1.29 is 0 Å². The van der Waals surface area contributed by atoms with E-state index in [1.165, 1.54) is 19.3 Å². The number of nitrogens with one attached hydrogen (secondary N) is 1. The molecule has 2 rings (SSSR count). The summed E-state index contributed by atoms with van der Waals surface area (Å²) in [5.74, 6) is 0.896. The second kappa shape index (κ2) is 3.56. The van der Waals surface area contributed by atoms with Crippen molar-refractivity contribution in [3.63, 3.8) is 0 Å². The molecule has 0 saturated heterocycles. The first-order valence-corrected chi connectivity index (χ1v) is 5.21. The molecule has 1 unspecified atom stereocenters. The van der Waals surface area contributed by atoms with Crippen molar-refractivity contribution in [2.45, 2.75) is 39.2 Å². The first-order chi connectivity index (χ1) is 6.68. The van der Waals surface area contributed by atoms with Gasteiger partial charge in [0.05, 0.1) is 6.20 Å². The van der Waals surface area contributed by atoms with Crippen LogP contribution in [0, 0.1) is 5.41 Å². The van der Waals surface area contributed by atoms with Gasteiger partial charge in [-0.15, -0.1) is 0 Å². The van der Waals surface area contributed by atoms with Gasteiger partial charge in [-0.3, -0.25) is 4.98 Å². The first-order valence-electron chi connectivity index (χ1n) is 5.21. The van der Waals surface area contributed by atoms with Crippen molar-refractivity contribution in [1.29, 1.82) is 0 Å². The van der Waals surface area contributed by atoms with E-state index in [1.54, 1.807) is 18.6 Å². The maximum atomic E-state index is 4.23. The standard InChI is InChI=1S/C11H17N3/c1-11(2)5-3-4-9(11)14-10-8-12-6-7-13-10/h6-9H,3-5H2,1-2H3,(H,13,14). The minimum absolute atomic E-state index is 0.386. The van der Waals surface area contributed by atoms with Crippen LogP contribution in [0.15, 0.2) is 18.6 Å². The second-order valence-electron chi connectivity index (χ2n) is 4.67. The van der Waals surface area contributed by atoms with E-state index in [-0.39, 0.29) is 0 Å². The molecule has 1 aromatic rings. The zero-order valence-corrected chi connectivity index (χ0v) is 8.83. The number of nitrogens with zero attached hydrogens (tertiary/aromatic N) is 2. The highest BCUT2D eigenvalue weighted by Crippen LogP contribution is 2.38. The Morgan fingerprint density at radius 1 is 1.43 bits per heavy atom. The molecular formula is C11H17N3. The molecule has 1 fully saturated rings. The highest BCUT2D eigenvalue weighted by Gasteiger charge is 2.34. The molecule has 1 aliphatic carbocycles. The van der Waals surface area contributed by atoms with Gasteiger partial charge in [0.2, 0.25) is 0 Å². The van der Waals surface area contributed by atoms with E-state index in [0.29, 0.717) is 11.5 Å². The summed E-state index contributed by atoms with van der Waals surface area (Å²) in [4.78, 5) is 8.28. The lowest BCUT2D eigenvalue weighted by Gasteiger charge is -2.27. The minimum Gasteiger partial charge on any atom is -0.366 e. The molecule has 1 saturated carbocycles. The van der Waals surface area contributed by atoms with E-state index < -0.39 is 0 Å².